The summed E-state index contributed by atoms with van der Waals surface area (Å²) < 4.78 is 0. The lowest BCUT2D eigenvalue weighted by atomic mass is 9.84. The summed E-state index contributed by atoms with van der Waals surface area (Å²) in [6.45, 7) is 7.40. The number of aliphatic hydroxyl groups is 1. The number of amides is 2. The third-order valence-corrected chi connectivity index (χ3v) is 5.44. The van der Waals surface area contributed by atoms with Crippen molar-refractivity contribution >= 4 is 17.5 Å². The van der Waals surface area contributed by atoms with E-state index < -0.39 is 17.2 Å². The Morgan fingerprint density at radius 1 is 1.14 bits per heavy atom. The molecule has 0 radical (unpaired) electrons. The van der Waals surface area contributed by atoms with Gasteiger partial charge in [-0.2, -0.15) is 0 Å². The molecule has 29 heavy (non-hydrogen) atoms. The van der Waals surface area contributed by atoms with E-state index in [4.69, 9.17) is 4.99 Å². The Labute approximate surface area is 172 Å². The number of nitrogens with one attached hydrogen (secondary N) is 1. The van der Waals surface area contributed by atoms with Crippen LogP contribution in [0.25, 0.3) is 0 Å². The molecule has 1 aromatic rings. The number of aliphatic hydroxyl groups excluding tert-OH is 1. The van der Waals surface area contributed by atoms with Gasteiger partial charge in [0.25, 0.3) is 11.8 Å². The molecule has 2 amide bonds. The smallest absolute Gasteiger partial charge is 0.287 e. The lowest BCUT2D eigenvalue weighted by Gasteiger charge is -2.31. The molecular formula is C23H31N3O3. The van der Waals surface area contributed by atoms with Crippen LogP contribution in [-0.4, -0.2) is 52.7 Å². The van der Waals surface area contributed by atoms with Crippen LogP contribution in [0.15, 0.2) is 40.6 Å². The first kappa shape index (κ1) is 21.1. The Bertz CT molecular complexity index is 847. The Kier molecular flexibility index (Phi) is 6.40. The van der Waals surface area contributed by atoms with Crippen molar-refractivity contribution in [1.29, 1.82) is 0 Å². The number of hydrogen-bond acceptors (Lipinski definition) is 4. The summed E-state index contributed by atoms with van der Waals surface area (Å²) in [5.41, 5.74) is 1.86. The fourth-order valence-corrected chi connectivity index (χ4v) is 4.07. The Hall–Kier alpha value is -2.63. The van der Waals surface area contributed by atoms with Crippen LogP contribution in [0.4, 0.5) is 0 Å². The second-order valence-electron chi connectivity index (χ2n) is 8.40. The van der Waals surface area contributed by atoms with Gasteiger partial charge in [-0.1, -0.05) is 37.1 Å². The minimum atomic E-state index is -0.644. The molecule has 156 valence electrons. The largest absolute Gasteiger partial charge is 0.502 e. The van der Waals surface area contributed by atoms with E-state index in [1.807, 2.05) is 38.1 Å². The van der Waals surface area contributed by atoms with Gasteiger partial charge in [0.15, 0.2) is 5.76 Å². The molecule has 0 saturated carbocycles. The summed E-state index contributed by atoms with van der Waals surface area (Å²) in [6, 6.07) is 7.78. The number of benzene rings is 1. The summed E-state index contributed by atoms with van der Waals surface area (Å²) in [6.07, 6.45) is 4.76. The van der Waals surface area contributed by atoms with Gasteiger partial charge in [0.05, 0.1) is 11.3 Å². The van der Waals surface area contributed by atoms with Crippen LogP contribution >= 0.6 is 0 Å². The molecule has 3 rings (SSSR count). The minimum absolute atomic E-state index is 0.0121. The number of aliphatic imine (C=N–C) groups is 1. The van der Waals surface area contributed by atoms with Crippen LogP contribution in [-0.2, 0) is 16.0 Å². The van der Waals surface area contributed by atoms with Crippen molar-refractivity contribution in [1.82, 2.24) is 10.2 Å². The summed E-state index contributed by atoms with van der Waals surface area (Å²) in [5, 5.41) is 13.5. The van der Waals surface area contributed by atoms with Gasteiger partial charge in [-0.25, -0.2) is 0 Å². The van der Waals surface area contributed by atoms with Crippen LogP contribution in [0, 0.1) is 0 Å². The number of rotatable bonds is 4. The zero-order chi connectivity index (χ0) is 21.0. The monoisotopic (exact) mass is 397 g/mol. The number of likely N-dealkylation sites (N-methyl/N-ethyl adjacent to an activating group) is 1. The molecule has 0 aliphatic carbocycles. The fourth-order valence-electron chi connectivity index (χ4n) is 4.07. The van der Waals surface area contributed by atoms with E-state index in [2.05, 4.69) is 5.32 Å². The normalized spacial score (nSPS) is 19.4. The molecule has 0 aromatic heterocycles. The average Bonchev–Trinajstić information content (AvgIpc) is 2.96. The van der Waals surface area contributed by atoms with Crippen molar-refractivity contribution in [2.24, 2.45) is 4.99 Å². The van der Waals surface area contributed by atoms with Crippen LogP contribution < -0.4 is 5.32 Å². The SMILES string of the molecule is CCNC(=O)/C(O)=C(\C(=O)N1CCCCCC1)C1=NC(C)(C)Cc2ccccc21. The molecule has 1 saturated heterocycles. The summed E-state index contributed by atoms with van der Waals surface area (Å²) in [7, 11) is 0. The highest BCUT2D eigenvalue weighted by Gasteiger charge is 2.35. The van der Waals surface area contributed by atoms with Gasteiger partial charge < -0.3 is 15.3 Å². The third kappa shape index (κ3) is 4.69. The van der Waals surface area contributed by atoms with E-state index in [1.165, 1.54) is 0 Å². The van der Waals surface area contributed by atoms with Gasteiger partial charge in [0, 0.05) is 25.2 Å². The van der Waals surface area contributed by atoms with E-state index in [1.54, 1.807) is 11.8 Å². The average molecular weight is 398 g/mol. The van der Waals surface area contributed by atoms with E-state index in [-0.39, 0.29) is 11.5 Å². The second-order valence-corrected chi connectivity index (χ2v) is 8.40. The summed E-state index contributed by atoms with van der Waals surface area (Å²) in [4.78, 5) is 32.7. The van der Waals surface area contributed by atoms with Crippen molar-refractivity contribution in [3.63, 3.8) is 0 Å². The van der Waals surface area contributed by atoms with Gasteiger partial charge in [0.1, 0.15) is 5.57 Å². The van der Waals surface area contributed by atoms with E-state index in [0.29, 0.717) is 25.3 Å². The zero-order valence-electron chi connectivity index (χ0n) is 17.6. The van der Waals surface area contributed by atoms with Gasteiger partial charge in [-0.05, 0) is 45.6 Å². The number of likely N-dealkylation sites (tertiary alicyclic amines) is 1. The third-order valence-electron chi connectivity index (χ3n) is 5.44. The molecule has 2 aliphatic rings. The quantitative estimate of drug-likeness (QED) is 0.605. The van der Waals surface area contributed by atoms with Crippen molar-refractivity contribution < 1.29 is 14.7 Å². The Balaban J connectivity index is 2.14. The topological polar surface area (TPSA) is 82.0 Å². The maximum atomic E-state index is 13.6. The highest BCUT2D eigenvalue weighted by atomic mass is 16.3. The molecule has 2 heterocycles. The molecule has 6 heteroatoms. The number of hydrogen-bond donors (Lipinski definition) is 2. The first-order chi connectivity index (χ1) is 13.8. The van der Waals surface area contributed by atoms with Crippen LogP contribution in [0.1, 0.15) is 57.6 Å². The van der Waals surface area contributed by atoms with E-state index >= 15 is 0 Å². The number of nitrogens with zero attached hydrogens (tertiary/aromatic N) is 2. The van der Waals surface area contributed by atoms with Crippen LogP contribution in [0.3, 0.4) is 0 Å². The molecule has 0 atom stereocenters. The fraction of sp³-hybridized carbons (Fsp3) is 0.522. The maximum absolute atomic E-state index is 13.6. The van der Waals surface area contributed by atoms with Crippen LogP contribution in [0.5, 0.6) is 0 Å². The maximum Gasteiger partial charge on any atom is 0.287 e. The van der Waals surface area contributed by atoms with Crippen molar-refractivity contribution in [2.45, 2.75) is 58.4 Å². The van der Waals surface area contributed by atoms with Gasteiger partial charge in [-0.3, -0.25) is 14.6 Å². The molecule has 2 N–H and O–H groups in total. The predicted octanol–water partition coefficient (Wildman–Crippen LogP) is 3.16. The summed E-state index contributed by atoms with van der Waals surface area (Å²) >= 11 is 0. The second kappa shape index (κ2) is 8.80. The molecule has 0 spiro atoms. The molecule has 1 fully saturated rings. The van der Waals surface area contributed by atoms with Crippen molar-refractivity contribution in [2.75, 3.05) is 19.6 Å². The van der Waals surface area contributed by atoms with Gasteiger partial charge in [0.2, 0.25) is 0 Å². The zero-order valence-corrected chi connectivity index (χ0v) is 17.6. The first-order valence-corrected chi connectivity index (χ1v) is 10.5. The predicted molar refractivity (Wildman–Crippen MR) is 114 cm³/mol. The number of fused-ring (bicyclic) bond motifs is 1. The molecule has 2 aliphatic heterocycles. The molecular weight excluding hydrogens is 366 g/mol. The van der Waals surface area contributed by atoms with Crippen molar-refractivity contribution in [3.05, 3.63) is 46.7 Å². The molecule has 6 nitrogen and oxygen atoms in total. The van der Waals surface area contributed by atoms with E-state index in [0.717, 1.165) is 43.2 Å². The number of carbonyl (C=O) groups is 2. The van der Waals surface area contributed by atoms with Crippen molar-refractivity contribution in [3.8, 4) is 0 Å². The summed E-state index contributed by atoms with van der Waals surface area (Å²) in [5.74, 6) is -1.51. The number of carbonyl (C=O) groups excluding carboxylic acids is 2. The highest BCUT2D eigenvalue weighted by Crippen LogP contribution is 2.31. The minimum Gasteiger partial charge on any atom is -0.502 e. The molecule has 0 unspecified atom stereocenters. The Morgan fingerprint density at radius 3 is 2.45 bits per heavy atom. The van der Waals surface area contributed by atoms with Gasteiger partial charge >= 0.3 is 0 Å². The lowest BCUT2D eigenvalue weighted by Crippen LogP contribution is -2.40. The van der Waals surface area contributed by atoms with Gasteiger partial charge in [-0.15, -0.1) is 0 Å². The highest BCUT2D eigenvalue weighted by molar-refractivity contribution is 6.31. The van der Waals surface area contributed by atoms with E-state index in [9.17, 15) is 14.7 Å². The standard InChI is InChI=1S/C23H31N3O3/c1-4-24-21(28)20(27)18(22(29)26-13-9-5-6-10-14-26)19-17-12-8-7-11-16(17)15-23(2,3)25-19/h7-8,11-12,27H,4-6,9-10,13-15H2,1-3H3,(H,24,28)/b20-18+. The van der Waals surface area contributed by atoms with Crippen LogP contribution in [0.2, 0.25) is 0 Å². The molecule has 0 bridgehead atoms. The molecule has 1 aromatic carbocycles. The first-order valence-electron chi connectivity index (χ1n) is 10.5. The Morgan fingerprint density at radius 2 is 1.79 bits per heavy atom. The lowest BCUT2D eigenvalue weighted by molar-refractivity contribution is -0.127.